The van der Waals surface area contributed by atoms with Crippen LogP contribution in [0.25, 0.3) is 0 Å². The molecule has 6 heteroatoms. The molecule has 1 amide bonds. The number of likely N-dealkylation sites (N-methyl/N-ethyl adjacent to an activating group) is 1. The van der Waals surface area contributed by atoms with Crippen LogP contribution in [-0.4, -0.2) is 37.0 Å². The zero-order valence-corrected chi connectivity index (χ0v) is 10.3. The fourth-order valence-corrected chi connectivity index (χ4v) is 1.45. The summed E-state index contributed by atoms with van der Waals surface area (Å²) in [7, 11) is 1.24. The van der Waals surface area contributed by atoms with Crippen molar-refractivity contribution in [2.45, 2.75) is 6.92 Å². The van der Waals surface area contributed by atoms with Crippen LogP contribution in [-0.2, 0) is 9.53 Å². The van der Waals surface area contributed by atoms with Gasteiger partial charge in [-0.25, -0.2) is 4.39 Å². The number of hydrogen-bond donors (Lipinski definition) is 1. The van der Waals surface area contributed by atoms with Gasteiger partial charge in [0.15, 0.2) is 0 Å². The summed E-state index contributed by atoms with van der Waals surface area (Å²) in [6.07, 6.45) is 0. The Balaban J connectivity index is 2.93. The molecule has 1 aromatic carbocycles. The van der Waals surface area contributed by atoms with Crippen LogP contribution in [0.3, 0.4) is 0 Å². The zero-order chi connectivity index (χ0) is 13.7. The van der Waals surface area contributed by atoms with Gasteiger partial charge < -0.3 is 15.4 Å². The molecule has 5 nitrogen and oxygen atoms in total. The van der Waals surface area contributed by atoms with E-state index in [-0.39, 0.29) is 17.8 Å². The molecule has 1 rings (SSSR count). The molecule has 0 atom stereocenters. The number of esters is 1. The normalized spacial score (nSPS) is 9.94. The first kappa shape index (κ1) is 14.0. The van der Waals surface area contributed by atoms with Gasteiger partial charge in [0, 0.05) is 12.2 Å². The van der Waals surface area contributed by atoms with Crippen molar-refractivity contribution in [1.82, 2.24) is 4.90 Å². The van der Waals surface area contributed by atoms with E-state index in [0.717, 1.165) is 12.1 Å². The molecule has 1 aromatic rings. The number of carbonyl (C=O) groups is 2. The fourth-order valence-electron chi connectivity index (χ4n) is 1.45. The van der Waals surface area contributed by atoms with Gasteiger partial charge in [-0.15, -0.1) is 0 Å². The summed E-state index contributed by atoms with van der Waals surface area (Å²) in [5.41, 5.74) is 5.79. The first-order valence-electron chi connectivity index (χ1n) is 5.40. The van der Waals surface area contributed by atoms with E-state index >= 15 is 0 Å². The molecule has 98 valence electrons. The number of nitrogens with two attached hydrogens (primary N) is 1. The van der Waals surface area contributed by atoms with E-state index < -0.39 is 17.7 Å². The van der Waals surface area contributed by atoms with E-state index in [1.54, 1.807) is 6.92 Å². The predicted octanol–water partition coefficient (Wildman–Crippen LogP) is 1.04. The molecule has 0 aliphatic carbocycles. The standard InChI is InChI=1S/C12H15FN2O3/c1-3-15(7-11(16)18-2)12(17)9-5-4-8(13)6-10(9)14/h4-6H,3,7,14H2,1-2H3. The minimum atomic E-state index is -0.522. The molecule has 0 radical (unpaired) electrons. The summed E-state index contributed by atoms with van der Waals surface area (Å²) >= 11 is 0. The lowest BCUT2D eigenvalue weighted by Crippen LogP contribution is -2.36. The predicted molar refractivity (Wildman–Crippen MR) is 64.4 cm³/mol. The number of benzene rings is 1. The Morgan fingerprint density at radius 3 is 2.61 bits per heavy atom. The topological polar surface area (TPSA) is 72.6 Å². The maximum atomic E-state index is 12.9. The molecule has 0 unspecified atom stereocenters. The minimum Gasteiger partial charge on any atom is -0.468 e. The summed E-state index contributed by atoms with van der Waals surface area (Å²) in [5, 5.41) is 0. The van der Waals surface area contributed by atoms with Crippen LogP contribution in [0.15, 0.2) is 18.2 Å². The van der Waals surface area contributed by atoms with Gasteiger partial charge in [0.1, 0.15) is 12.4 Å². The number of carbonyl (C=O) groups excluding carboxylic acids is 2. The van der Waals surface area contributed by atoms with E-state index in [2.05, 4.69) is 4.74 Å². The summed E-state index contributed by atoms with van der Waals surface area (Å²) < 4.78 is 17.4. The number of nitrogens with zero attached hydrogens (tertiary/aromatic N) is 1. The number of nitrogen functional groups attached to an aromatic ring is 1. The SMILES string of the molecule is CCN(CC(=O)OC)C(=O)c1ccc(F)cc1N. The molecule has 0 spiro atoms. The van der Waals surface area contributed by atoms with Crippen molar-refractivity contribution >= 4 is 17.6 Å². The molecular weight excluding hydrogens is 239 g/mol. The summed E-state index contributed by atoms with van der Waals surface area (Å²) in [6.45, 7) is 1.88. The number of hydrogen-bond acceptors (Lipinski definition) is 4. The third-order valence-corrected chi connectivity index (χ3v) is 2.46. The Morgan fingerprint density at radius 2 is 2.11 bits per heavy atom. The summed E-state index contributed by atoms with van der Waals surface area (Å²) in [5.74, 6) is -1.47. The lowest BCUT2D eigenvalue weighted by atomic mass is 10.1. The van der Waals surface area contributed by atoms with Gasteiger partial charge in [-0.05, 0) is 25.1 Å². The number of anilines is 1. The Labute approximate surface area is 104 Å². The van der Waals surface area contributed by atoms with Crippen LogP contribution in [0.2, 0.25) is 0 Å². The lowest BCUT2D eigenvalue weighted by molar-refractivity contribution is -0.141. The molecular formula is C12H15FN2O3. The van der Waals surface area contributed by atoms with Gasteiger partial charge in [-0.1, -0.05) is 0 Å². The van der Waals surface area contributed by atoms with Crippen molar-refractivity contribution in [2.75, 3.05) is 25.9 Å². The van der Waals surface area contributed by atoms with Crippen molar-refractivity contribution in [3.05, 3.63) is 29.6 Å². The van der Waals surface area contributed by atoms with Gasteiger partial charge >= 0.3 is 5.97 Å². The highest BCUT2D eigenvalue weighted by Crippen LogP contribution is 2.15. The van der Waals surface area contributed by atoms with Crippen molar-refractivity contribution in [1.29, 1.82) is 0 Å². The number of methoxy groups -OCH3 is 1. The lowest BCUT2D eigenvalue weighted by Gasteiger charge is -2.20. The molecule has 18 heavy (non-hydrogen) atoms. The Bertz CT molecular complexity index is 463. The molecule has 2 N–H and O–H groups in total. The number of rotatable bonds is 4. The molecule has 0 saturated heterocycles. The van der Waals surface area contributed by atoms with Gasteiger partial charge in [0.2, 0.25) is 0 Å². The second-order valence-electron chi connectivity index (χ2n) is 3.63. The van der Waals surface area contributed by atoms with Gasteiger partial charge in [-0.2, -0.15) is 0 Å². The largest absolute Gasteiger partial charge is 0.468 e. The average molecular weight is 254 g/mol. The summed E-state index contributed by atoms with van der Waals surface area (Å²) in [4.78, 5) is 24.5. The van der Waals surface area contributed by atoms with Crippen LogP contribution in [0.4, 0.5) is 10.1 Å². The fraction of sp³-hybridized carbons (Fsp3) is 0.333. The summed E-state index contributed by atoms with van der Waals surface area (Å²) in [6, 6.07) is 3.52. The molecule has 0 aliphatic rings. The van der Waals surface area contributed by atoms with E-state index in [0.29, 0.717) is 6.54 Å². The minimum absolute atomic E-state index is 0.0447. The van der Waals surface area contributed by atoms with Crippen LogP contribution in [0.1, 0.15) is 17.3 Å². The van der Waals surface area contributed by atoms with Crippen LogP contribution in [0, 0.1) is 5.82 Å². The van der Waals surface area contributed by atoms with Crippen molar-refractivity contribution in [3.8, 4) is 0 Å². The second-order valence-corrected chi connectivity index (χ2v) is 3.63. The maximum Gasteiger partial charge on any atom is 0.325 e. The van der Waals surface area contributed by atoms with Crippen LogP contribution < -0.4 is 5.73 Å². The van der Waals surface area contributed by atoms with Crippen LogP contribution in [0.5, 0.6) is 0 Å². The van der Waals surface area contributed by atoms with Gasteiger partial charge in [0.25, 0.3) is 5.91 Å². The Morgan fingerprint density at radius 1 is 1.44 bits per heavy atom. The van der Waals surface area contributed by atoms with Gasteiger partial charge in [0.05, 0.1) is 12.7 Å². The third kappa shape index (κ3) is 3.19. The zero-order valence-electron chi connectivity index (χ0n) is 10.3. The Hall–Kier alpha value is -2.11. The molecule has 0 heterocycles. The van der Waals surface area contributed by atoms with Gasteiger partial charge in [-0.3, -0.25) is 9.59 Å². The number of amides is 1. The molecule has 0 fully saturated rings. The quantitative estimate of drug-likeness (QED) is 0.643. The molecule has 0 bridgehead atoms. The third-order valence-electron chi connectivity index (χ3n) is 2.46. The number of ether oxygens (including phenoxy) is 1. The van der Waals surface area contributed by atoms with Crippen molar-refractivity contribution in [3.63, 3.8) is 0 Å². The first-order chi connectivity index (χ1) is 8.49. The van der Waals surface area contributed by atoms with E-state index in [9.17, 15) is 14.0 Å². The molecule has 0 saturated carbocycles. The van der Waals surface area contributed by atoms with E-state index in [4.69, 9.17) is 5.73 Å². The van der Waals surface area contributed by atoms with Crippen molar-refractivity contribution < 1.29 is 18.7 Å². The number of halogens is 1. The molecule has 0 aromatic heterocycles. The van der Waals surface area contributed by atoms with Crippen molar-refractivity contribution in [2.24, 2.45) is 0 Å². The van der Waals surface area contributed by atoms with Crippen LogP contribution >= 0.6 is 0 Å². The van der Waals surface area contributed by atoms with E-state index in [1.807, 2.05) is 0 Å². The highest BCUT2D eigenvalue weighted by Gasteiger charge is 2.19. The molecule has 0 aliphatic heterocycles. The highest BCUT2D eigenvalue weighted by atomic mass is 19.1. The average Bonchev–Trinajstić information content (AvgIpc) is 2.34. The smallest absolute Gasteiger partial charge is 0.325 e. The second kappa shape index (κ2) is 6.00. The maximum absolute atomic E-state index is 12.9. The Kier molecular flexibility index (Phi) is 4.65. The monoisotopic (exact) mass is 254 g/mol. The first-order valence-corrected chi connectivity index (χ1v) is 5.40. The van der Waals surface area contributed by atoms with E-state index in [1.165, 1.54) is 18.1 Å². The highest BCUT2D eigenvalue weighted by molar-refractivity contribution is 6.00.